The highest BCUT2D eigenvalue weighted by atomic mass is 16.4. The van der Waals surface area contributed by atoms with Gasteiger partial charge in [-0.05, 0) is 24.1 Å². The number of rotatable bonds is 3. The monoisotopic (exact) mass is 220 g/mol. The summed E-state index contributed by atoms with van der Waals surface area (Å²) in [5.74, 6) is -0.795. The highest BCUT2D eigenvalue weighted by Crippen LogP contribution is 2.20. The Labute approximate surface area is 94.7 Å². The molecular formula is C12H16N2O2. The maximum absolute atomic E-state index is 10.5. The Morgan fingerprint density at radius 3 is 2.62 bits per heavy atom. The summed E-state index contributed by atoms with van der Waals surface area (Å²) in [6.45, 7) is 1.87. The number of carboxylic acids is 1. The number of carboxylic acid groups (broad SMARTS) is 1. The van der Waals surface area contributed by atoms with Crippen molar-refractivity contribution in [2.45, 2.75) is 18.9 Å². The smallest absolute Gasteiger partial charge is 0.307 e. The van der Waals surface area contributed by atoms with Crippen molar-refractivity contribution in [1.29, 1.82) is 0 Å². The average molecular weight is 220 g/mol. The van der Waals surface area contributed by atoms with Crippen molar-refractivity contribution >= 4 is 11.7 Å². The fraction of sp³-hybridized carbons (Fsp3) is 0.417. The molecule has 0 amide bonds. The maximum Gasteiger partial charge on any atom is 0.307 e. The molecule has 86 valence electrons. The van der Waals surface area contributed by atoms with Crippen molar-refractivity contribution in [2.24, 2.45) is 5.73 Å². The Kier molecular flexibility index (Phi) is 3.10. The minimum atomic E-state index is -0.795. The number of hydrogen-bond acceptors (Lipinski definition) is 3. The van der Waals surface area contributed by atoms with Crippen molar-refractivity contribution in [3.05, 3.63) is 29.8 Å². The van der Waals surface area contributed by atoms with Crippen LogP contribution in [0.3, 0.4) is 0 Å². The molecule has 1 aliphatic rings. The Hall–Kier alpha value is -1.55. The minimum absolute atomic E-state index is 0.0831. The minimum Gasteiger partial charge on any atom is -0.481 e. The van der Waals surface area contributed by atoms with Gasteiger partial charge in [-0.15, -0.1) is 0 Å². The van der Waals surface area contributed by atoms with Gasteiger partial charge in [-0.1, -0.05) is 12.1 Å². The zero-order valence-electron chi connectivity index (χ0n) is 9.10. The van der Waals surface area contributed by atoms with Crippen LogP contribution in [0.25, 0.3) is 0 Å². The van der Waals surface area contributed by atoms with E-state index in [9.17, 15) is 4.79 Å². The van der Waals surface area contributed by atoms with Crippen molar-refractivity contribution in [3.8, 4) is 0 Å². The highest BCUT2D eigenvalue weighted by Gasteiger charge is 2.18. The van der Waals surface area contributed by atoms with E-state index in [0.29, 0.717) is 0 Å². The zero-order chi connectivity index (χ0) is 11.5. The van der Waals surface area contributed by atoms with Crippen molar-refractivity contribution < 1.29 is 9.90 Å². The van der Waals surface area contributed by atoms with E-state index in [-0.39, 0.29) is 12.5 Å². The number of aliphatic carboxylic acids is 1. The number of hydrogen-bond donors (Lipinski definition) is 2. The van der Waals surface area contributed by atoms with Crippen LogP contribution in [0.2, 0.25) is 0 Å². The predicted molar refractivity (Wildman–Crippen MR) is 62.6 cm³/mol. The van der Waals surface area contributed by atoms with Crippen LogP contribution < -0.4 is 10.6 Å². The molecule has 16 heavy (non-hydrogen) atoms. The SMILES string of the molecule is N[C@H]1CCN(c2ccc(CC(=O)O)cc2)C1. The van der Waals surface area contributed by atoms with Gasteiger partial charge >= 0.3 is 5.97 Å². The quantitative estimate of drug-likeness (QED) is 0.792. The van der Waals surface area contributed by atoms with Crippen LogP contribution in [-0.4, -0.2) is 30.2 Å². The predicted octanol–water partition coefficient (Wildman–Crippen LogP) is 0.851. The lowest BCUT2D eigenvalue weighted by Crippen LogP contribution is -2.26. The molecule has 1 aliphatic heterocycles. The lowest BCUT2D eigenvalue weighted by atomic mass is 10.1. The summed E-state index contributed by atoms with van der Waals surface area (Å²) in [6, 6.07) is 7.94. The number of benzene rings is 1. The molecule has 1 fully saturated rings. The zero-order valence-corrected chi connectivity index (χ0v) is 9.10. The van der Waals surface area contributed by atoms with Gasteiger partial charge in [0.1, 0.15) is 0 Å². The number of anilines is 1. The second-order valence-electron chi connectivity index (χ2n) is 4.23. The van der Waals surface area contributed by atoms with Crippen molar-refractivity contribution in [2.75, 3.05) is 18.0 Å². The van der Waals surface area contributed by atoms with E-state index >= 15 is 0 Å². The molecule has 0 spiro atoms. The summed E-state index contributed by atoms with van der Waals surface area (Å²) < 4.78 is 0. The van der Waals surface area contributed by atoms with E-state index in [1.165, 1.54) is 0 Å². The van der Waals surface area contributed by atoms with Gasteiger partial charge in [-0.25, -0.2) is 0 Å². The van der Waals surface area contributed by atoms with Gasteiger partial charge in [0.2, 0.25) is 0 Å². The van der Waals surface area contributed by atoms with Gasteiger partial charge < -0.3 is 15.7 Å². The van der Waals surface area contributed by atoms with Gasteiger partial charge in [0, 0.05) is 24.8 Å². The Morgan fingerprint density at radius 1 is 1.44 bits per heavy atom. The van der Waals surface area contributed by atoms with Crippen LogP contribution in [0.1, 0.15) is 12.0 Å². The molecule has 3 N–H and O–H groups in total. The molecule has 1 atom stereocenters. The van der Waals surface area contributed by atoms with Crippen LogP contribution >= 0.6 is 0 Å². The van der Waals surface area contributed by atoms with Crippen molar-refractivity contribution in [1.82, 2.24) is 0 Å². The van der Waals surface area contributed by atoms with Crippen LogP contribution in [0.5, 0.6) is 0 Å². The second-order valence-corrected chi connectivity index (χ2v) is 4.23. The molecule has 1 heterocycles. The molecule has 1 aromatic rings. The molecule has 1 saturated heterocycles. The summed E-state index contributed by atoms with van der Waals surface area (Å²) in [4.78, 5) is 12.8. The van der Waals surface area contributed by atoms with E-state index in [0.717, 1.165) is 30.8 Å². The Bertz CT molecular complexity index is 375. The third-order valence-corrected chi connectivity index (χ3v) is 2.88. The second kappa shape index (κ2) is 4.53. The fourth-order valence-electron chi connectivity index (χ4n) is 2.02. The number of carbonyl (C=O) groups is 1. The van der Waals surface area contributed by atoms with Gasteiger partial charge in [0.25, 0.3) is 0 Å². The van der Waals surface area contributed by atoms with Gasteiger partial charge in [-0.2, -0.15) is 0 Å². The first-order valence-electron chi connectivity index (χ1n) is 5.46. The first kappa shape index (κ1) is 11.0. The van der Waals surface area contributed by atoms with Gasteiger partial charge in [0.05, 0.1) is 6.42 Å². The number of nitrogens with zero attached hydrogens (tertiary/aromatic N) is 1. The lowest BCUT2D eigenvalue weighted by molar-refractivity contribution is -0.136. The van der Waals surface area contributed by atoms with Crippen LogP contribution in [0, 0.1) is 0 Å². The van der Waals surface area contributed by atoms with E-state index in [1.54, 1.807) is 0 Å². The maximum atomic E-state index is 10.5. The normalized spacial score (nSPS) is 20.1. The molecule has 2 rings (SSSR count). The summed E-state index contributed by atoms with van der Waals surface area (Å²) >= 11 is 0. The number of nitrogens with two attached hydrogens (primary N) is 1. The third-order valence-electron chi connectivity index (χ3n) is 2.88. The van der Waals surface area contributed by atoms with Crippen molar-refractivity contribution in [3.63, 3.8) is 0 Å². The summed E-state index contributed by atoms with van der Waals surface area (Å²) in [5.41, 5.74) is 7.80. The Morgan fingerprint density at radius 2 is 2.12 bits per heavy atom. The van der Waals surface area contributed by atoms with Crippen LogP contribution in [0.15, 0.2) is 24.3 Å². The van der Waals surface area contributed by atoms with Gasteiger partial charge in [-0.3, -0.25) is 4.79 Å². The van der Waals surface area contributed by atoms with E-state index < -0.39 is 5.97 Å². The van der Waals surface area contributed by atoms with E-state index in [1.807, 2.05) is 24.3 Å². The summed E-state index contributed by atoms with van der Waals surface area (Å²) in [7, 11) is 0. The molecule has 4 nitrogen and oxygen atoms in total. The van der Waals surface area contributed by atoms with Crippen LogP contribution in [0.4, 0.5) is 5.69 Å². The standard InChI is InChI=1S/C12H16N2O2/c13-10-5-6-14(8-10)11-3-1-9(2-4-11)7-12(15)16/h1-4,10H,5-8,13H2,(H,15,16)/t10-/m0/s1. The van der Waals surface area contributed by atoms with E-state index in [2.05, 4.69) is 4.90 Å². The van der Waals surface area contributed by atoms with E-state index in [4.69, 9.17) is 10.8 Å². The summed E-state index contributed by atoms with van der Waals surface area (Å²) in [6.07, 6.45) is 1.11. The molecule has 1 aromatic carbocycles. The fourth-order valence-corrected chi connectivity index (χ4v) is 2.02. The summed E-state index contributed by atoms with van der Waals surface area (Å²) in [5, 5.41) is 8.66. The van der Waals surface area contributed by atoms with Crippen LogP contribution in [-0.2, 0) is 11.2 Å². The lowest BCUT2D eigenvalue weighted by Gasteiger charge is -2.18. The molecule has 0 saturated carbocycles. The van der Waals surface area contributed by atoms with Gasteiger partial charge in [0.15, 0.2) is 0 Å². The average Bonchev–Trinajstić information content (AvgIpc) is 2.65. The molecule has 4 heteroatoms. The molecular weight excluding hydrogens is 204 g/mol. The molecule has 0 aromatic heterocycles. The largest absolute Gasteiger partial charge is 0.481 e. The highest BCUT2D eigenvalue weighted by molar-refractivity contribution is 5.70. The Balaban J connectivity index is 2.04. The first-order chi connectivity index (χ1) is 7.65. The molecule has 0 bridgehead atoms. The molecule has 0 aliphatic carbocycles. The topological polar surface area (TPSA) is 66.6 Å². The third kappa shape index (κ3) is 2.52. The molecule has 0 unspecified atom stereocenters. The molecule has 0 radical (unpaired) electrons. The first-order valence-corrected chi connectivity index (χ1v) is 5.46.